The highest BCUT2D eigenvalue weighted by molar-refractivity contribution is 6.26. The molecule has 0 heteroatoms. The first-order chi connectivity index (χ1) is 20.1. The van der Waals surface area contributed by atoms with Crippen molar-refractivity contribution < 1.29 is 0 Å². The molecule has 0 N–H and O–H groups in total. The highest BCUT2D eigenvalue weighted by Crippen LogP contribution is 2.56. The second kappa shape index (κ2) is 7.22. The van der Waals surface area contributed by atoms with Crippen molar-refractivity contribution in [2.75, 3.05) is 0 Å². The lowest BCUT2D eigenvalue weighted by molar-refractivity contribution is 0.645. The van der Waals surface area contributed by atoms with Crippen LogP contribution in [0, 0.1) is 0 Å². The molecule has 2 aliphatic rings. The molecule has 0 saturated carbocycles. The van der Waals surface area contributed by atoms with Crippen LogP contribution in [0.5, 0.6) is 0 Å². The lowest BCUT2D eigenvalue weighted by Gasteiger charge is -2.36. The van der Waals surface area contributed by atoms with Gasteiger partial charge >= 0.3 is 0 Å². The van der Waals surface area contributed by atoms with Crippen LogP contribution < -0.4 is 0 Å². The first-order valence-electron chi connectivity index (χ1n) is 14.6. The van der Waals surface area contributed by atoms with Gasteiger partial charge in [-0.1, -0.05) is 129 Å². The van der Waals surface area contributed by atoms with Crippen LogP contribution in [0.2, 0.25) is 0 Å². The predicted molar refractivity (Wildman–Crippen MR) is 175 cm³/mol. The van der Waals surface area contributed by atoms with Crippen molar-refractivity contribution in [2.24, 2.45) is 0 Å². The van der Waals surface area contributed by atoms with Crippen LogP contribution in [0.15, 0.2) is 121 Å². The minimum absolute atomic E-state index is 0.117. The number of rotatable bonds is 1. The molecule has 41 heavy (non-hydrogen) atoms. The van der Waals surface area contributed by atoms with Crippen LogP contribution in [0.4, 0.5) is 0 Å². The molecular weight excluding hydrogens is 492 g/mol. The second-order valence-corrected chi connectivity index (χ2v) is 12.5. The molecule has 0 bridgehead atoms. The van der Waals surface area contributed by atoms with E-state index in [-0.39, 0.29) is 5.41 Å². The maximum Gasteiger partial charge on any atom is 0.0159 e. The van der Waals surface area contributed by atoms with Gasteiger partial charge < -0.3 is 0 Å². The number of hydrogen-bond donors (Lipinski definition) is 0. The molecule has 0 atom stereocenters. The molecule has 0 unspecified atom stereocenters. The maximum absolute atomic E-state index is 2.48. The fourth-order valence-electron chi connectivity index (χ4n) is 8.24. The first-order valence-corrected chi connectivity index (χ1v) is 14.6. The second-order valence-electron chi connectivity index (χ2n) is 12.5. The molecule has 10 rings (SSSR count). The summed E-state index contributed by atoms with van der Waals surface area (Å²) >= 11 is 0. The third-order valence-corrected chi connectivity index (χ3v) is 10.2. The Bertz CT molecular complexity index is 2390. The fourth-order valence-corrected chi connectivity index (χ4v) is 8.24. The van der Waals surface area contributed by atoms with E-state index in [0.717, 1.165) is 0 Å². The summed E-state index contributed by atoms with van der Waals surface area (Å²) in [5.41, 5.74) is 13.5. The Labute approximate surface area is 238 Å². The standard InChI is InChI=1S/C41H26/c1-41(2)35-21-20-33-29-9-4-3-8-28(29)32-18-19-34(40(35)39(32)33)30-16-14-26(22-36(30)41)27-15-12-25-11-10-23-6-5-7-24-13-17-31(27)38(25)37(23)24/h3-22H,1-2H3. The van der Waals surface area contributed by atoms with Crippen LogP contribution in [-0.2, 0) is 5.41 Å². The third kappa shape index (κ3) is 2.57. The van der Waals surface area contributed by atoms with E-state index >= 15 is 0 Å². The van der Waals surface area contributed by atoms with E-state index in [9.17, 15) is 0 Å². The Kier molecular flexibility index (Phi) is 3.84. The zero-order chi connectivity index (χ0) is 27.0. The predicted octanol–water partition coefficient (Wildman–Crippen LogP) is 11.4. The van der Waals surface area contributed by atoms with Gasteiger partial charge in [0.15, 0.2) is 0 Å². The average Bonchev–Trinajstić information content (AvgIpc) is 3.34. The molecule has 2 aliphatic carbocycles. The molecule has 0 heterocycles. The van der Waals surface area contributed by atoms with Gasteiger partial charge in [-0.25, -0.2) is 0 Å². The molecule has 0 fully saturated rings. The summed E-state index contributed by atoms with van der Waals surface area (Å²) in [6, 6.07) is 46.0. The Morgan fingerprint density at radius 3 is 1.71 bits per heavy atom. The molecule has 0 saturated heterocycles. The Hall–Kier alpha value is -4.94. The topological polar surface area (TPSA) is 0 Å². The summed E-state index contributed by atoms with van der Waals surface area (Å²) in [4.78, 5) is 0. The van der Waals surface area contributed by atoms with Gasteiger partial charge in [0.1, 0.15) is 0 Å². The molecule has 0 amide bonds. The lowest BCUT2D eigenvalue weighted by atomic mass is 9.67. The number of fused-ring (bicyclic) bond motifs is 5. The van der Waals surface area contributed by atoms with Crippen LogP contribution >= 0.6 is 0 Å². The monoisotopic (exact) mass is 518 g/mol. The fraction of sp³-hybridized carbons (Fsp3) is 0.0732. The van der Waals surface area contributed by atoms with Crippen molar-refractivity contribution >= 4 is 43.1 Å². The molecule has 0 aliphatic heterocycles. The van der Waals surface area contributed by atoms with Crippen LogP contribution in [0.3, 0.4) is 0 Å². The van der Waals surface area contributed by atoms with E-state index in [1.165, 1.54) is 98.7 Å². The van der Waals surface area contributed by atoms with Gasteiger partial charge in [-0.15, -0.1) is 0 Å². The Balaban J connectivity index is 1.24. The average molecular weight is 519 g/mol. The van der Waals surface area contributed by atoms with Gasteiger partial charge in [0.25, 0.3) is 0 Å². The highest BCUT2D eigenvalue weighted by Gasteiger charge is 2.36. The van der Waals surface area contributed by atoms with Crippen LogP contribution in [-0.4, -0.2) is 0 Å². The first kappa shape index (κ1) is 21.8. The van der Waals surface area contributed by atoms with Crippen LogP contribution in [0.1, 0.15) is 25.0 Å². The summed E-state index contributed by atoms with van der Waals surface area (Å²) < 4.78 is 0. The quantitative estimate of drug-likeness (QED) is 0.190. The van der Waals surface area contributed by atoms with Gasteiger partial charge in [-0.3, -0.25) is 0 Å². The molecule has 8 aromatic carbocycles. The van der Waals surface area contributed by atoms with E-state index in [0.29, 0.717) is 0 Å². The molecular formula is C41H26. The van der Waals surface area contributed by atoms with Gasteiger partial charge in [-0.05, 0) is 105 Å². The summed E-state index contributed by atoms with van der Waals surface area (Å²) in [6.07, 6.45) is 0. The molecule has 8 aromatic rings. The van der Waals surface area contributed by atoms with Gasteiger partial charge in [0, 0.05) is 5.41 Å². The molecule has 190 valence electrons. The van der Waals surface area contributed by atoms with Gasteiger partial charge in [0.05, 0.1) is 0 Å². The largest absolute Gasteiger partial charge is 0.0616 e. The summed E-state index contributed by atoms with van der Waals surface area (Å²) in [5.74, 6) is 0. The normalized spacial score (nSPS) is 14.3. The van der Waals surface area contributed by atoms with E-state index in [4.69, 9.17) is 0 Å². The van der Waals surface area contributed by atoms with Crippen LogP contribution in [0.25, 0.3) is 87.6 Å². The number of hydrogen-bond acceptors (Lipinski definition) is 0. The SMILES string of the molecule is CC1(C)c2cc(-c3ccc4ccc5cccc6ccc3c4c56)ccc2-c2ccc3c4c(ccc1c24)-c1ccccc1-3. The number of benzene rings is 8. The molecule has 0 radical (unpaired) electrons. The maximum atomic E-state index is 2.48. The van der Waals surface area contributed by atoms with Crippen molar-refractivity contribution in [1.29, 1.82) is 0 Å². The van der Waals surface area contributed by atoms with Gasteiger partial charge in [0.2, 0.25) is 0 Å². The van der Waals surface area contributed by atoms with E-state index in [1.54, 1.807) is 0 Å². The zero-order valence-electron chi connectivity index (χ0n) is 23.0. The Morgan fingerprint density at radius 2 is 0.951 bits per heavy atom. The Morgan fingerprint density at radius 1 is 0.366 bits per heavy atom. The van der Waals surface area contributed by atoms with Crippen molar-refractivity contribution in [3.8, 4) is 44.5 Å². The van der Waals surface area contributed by atoms with E-state index in [2.05, 4.69) is 135 Å². The molecule has 0 aromatic heterocycles. The molecule has 0 spiro atoms. The van der Waals surface area contributed by atoms with Crippen molar-refractivity contribution in [3.05, 3.63) is 132 Å². The van der Waals surface area contributed by atoms with Crippen molar-refractivity contribution in [3.63, 3.8) is 0 Å². The minimum atomic E-state index is -0.117. The van der Waals surface area contributed by atoms with Crippen molar-refractivity contribution in [2.45, 2.75) is 19.3 Å². The third-order valence-electron chi connectivity index (χ3n) is 10.2. The molecule has 0 nitrogen and oxygen atoms in total. The lowest BCUT2D eigenvalue weighted by Crippen LogP contribution is -2.23. The van der Waals surface area contributed by atoms with E-state index in [1.807, 2.05) is 0 Å². The highest BCUT2D eigenvalue weighted by atomic mass is 14.4. The van der Waals surface area contributed by atoms with Gasteiger partial charge in [-0.2, -0.15) is 0 Å². The minimum Gasteiger partial charge on any atom is -0.0616 e. The summed E-state index contributed by atoms with van der Waals surface area (Å²) in [7, 11) is 0. The van der Waals surface area contributed by atoms with E-state index < -0.39 is 0 Å². The van der Waals surface area contributed by atoms with Crippen molar-refractivity contribution in [1.82, 2.24) is 0 Å². The smallest absolute Gasteiger partial charge is 0.0159 e. The summed E-state index contributed by atoms with van der Waals surface area (Å²) in [5, 5.41) is 10.9. The summed E-state index contributed by atoms with van der Waals surface area (Å²) in [6.45, 7) is 4.82. The zero-order valence-corrected chi connectivity index (χ0v) is 23.0.